The van der Waals surface area contributed by atoms with Crippen molar-refractivity contribution in [3.8, 4) is 5.75 Å². The first-order valence-electron chi connectivity index (χ1n) is 4.79. The number of nitro groups is 1. The fourth-order valence-electron chi connectivity index (χ4n) is 1.51. The van der Waals surface area contributed by atoms with Gasteiger partial charge in [0.05, 0.1) is 11.0 Å². The van der Waals surface area contributed by atoms with E-state index in [1.165, 1.54) is 25.3 Å². The second kappa shape index (κ2) is 5.42. The van der Waals surface area contributed by atoms with E-state index in [2.05, 4.69) is 4.98 Å². The molecule has 94 valence electrons. The van der Waals surface area contributed by atoms with Gasteiger partial charge in [-0.1, -0.05) is 6.07 Å². The molecule has 0 unspecified atom stereocenters. The van der Waals surface area contributed by atoms with Crippen LogP contribution >= 0.6 is 0 Å². The average Bonchev–Trinajstić information content (AvgIpc) is 2.27. The number of carbonyl (C=O) groups excluding carboxylic acids is 1. The van der Waals surface area contributed by atoms with Gasteiger partial charge in [-0.3, -0.25) is 14.9 Å². The predicted octanol–water partition coefficient (Wildman–Crippen LogP) is -0.928. The van der Waals surface area contributed by atoms with Gasteiger partial charge in [0, 0.05) is 18.5 Å². The van der Waals surface area contributed by atoms with Crippen molar-refractivity contribution in [1.82, 2.24) is 4.98 Å². The Hall–Kier alpha value is -2.21. The van der Waals surface area contributed by atoms with E-state index < -0.39 is 10.9 Å². The van der Waals surface area contributed by atoms with Crippen molar-refractivity contribution in [2.45, 2.75) is 6.92 Å². The molecule has 0 radical (unpaired) electrons. The number of hydrogen-bond donors (Lipinski definition) is 0. The number of benzene rings is 1. The molecule has 0 N–H and O–H groups in total. The van der Waals surface area contributed by atoms with Gasteiger partial charge in [0.2, 0.25) is 0 Å². The Bertz CT molecular complexity index is 615. The molecule has 18 heavy (non-hydrogen) atoms. The summed E-state index contributed by atoms with van der Waals surface area (Å²) in [5, 5.41) is 11.4. The molecule has 1 aromatic heterocycles. The Kier molecular flexibility index (Phi) is 4.17. The summed E-state index contributed by atoms with van der Waals surface area (Å²) < 4.78 is 4.84. The second-order valence-electron chi connectivity index (χ2n) is 3.37. The Balaban J connectivity index is 0.00000162. The SMILES string of the molecule is CC(=O)Oc1cc([N+](=O)[O-])c2ncccc2c1.[Cl-]. The number of esters is 1. The Morgan fingerprint density at radius 2 is 2.17 bits per heavy atom. The lowest BCUT2D eigenvalue weighted by atomic mass is 10.2. The number of nitro benzene ring substituents is 1. The maximum atomic E-state index is 10.9. The van der Waals surface area contributed by atoms with Crippen molar-refractivity contribution in [1.29, 1.82) is 0 Å². The zero-order chi connectivity index (χ0) is 12.4. The van der Waals surface area contributed by atoms with Gasteiger partial charge in [0.15, 0.2) is 0 Å². The largest absolute Gasteiger partial charge is 1.00 e. The number of non-ortho nitro benzene ring substituents is 1. The van der Waals surface area contributed by atoms with Crippen molar-refractivity contribution in [3.63, 3.8) is 0 Å². The van der Waals surface area contributed by atoms with Gasteiger partial charge < -0.3 is 17.1 Å². The highest BCUT2D eigenvalue weighted by Crippen LogP contribution is 2.29. The van der Waals surface area contributed by atoms with Crippen LogP contribution in [0.3, 0.4) is 0 Å². The van der Waals surface area contributed by atoms with E-state index in [-0.39, 0.29) is 29.4 Å². The van der Waals surface area contributed by atoms with Crippen LogP contribution in [0.4, 0.5) is 5.69 Å². The molecule has 0 aliphatic rings. The van der Waals surface area contributed by atoms with Crippen molar-refractivity contribution >= 4 is 22.6 Å². The summed E-state index contributed by atoms with van der Waals surface area (Å²) in [6, 6.07) is 6.05. The predicted molar refractivity (Wildman–Crippen MR) is 59.7 cm³/mol. The van der Waals surface area contributed by atoms with Gasteiger partial charge >= 0.3 is 5.97 Å². The van der Waals surface area contributed by atoms with Gasteiger partial charge in [-0.2, -0.15) is 0 Å². The summed E-state index contributed by atoms with van der Waals surface area (Å²) in [6.45, 7) is 1.24. The highest BCUT2D eigenvalue weighted by atomic mass is 35.5. The van der Waals surface area contributed by atoms with Crippen molar-refractivity contribution in [3.05, 3.63) is 40.6 Å². The van der Waals surface area contributed by atoms with Crippen LogP contribution in [0, 0.1) is 10.1 Å². The molecule has 2 rings (SSSR count). The number of halogens is 1. The number of nitrogens with zero attached hydrogens (tertiary/aromatic N) is 2. The standard InChI is InChI=1S/C11H8N2O4.ClH/c1-7(14)17-9-5-8-3-2-4-12-11(8)10(6-9)13(15)16;/h2-6H,1H3;1H/p-1. The molecule has 0 spiro atoms. The van der Waals surface area contributed by atoms with E-state index in [4.69, 9.17) is 4.74 Å². The maximum Gasteiger partial charge on any atom is 0.308 e. The molecular formula is C11H8ClN2O4-. The van der Waals surface area contributed by atoms with Gasteiger partial charge in [0.1, 0.15) is 11.3 Å². The monoisotopic (exact) mass is 267 g/mol. The Morgan fingerprint density at radius 1 is 1.44 bits per heavy atom. The van der Waals surface area contributed by atoms with Crippen molar-refractivity contribution in [2.24, 2.45) is 0 Å². The third kappa shape index (κ3) is 2.72. The molecule has 7 heteroatoms. The smallest absolute Gasteiger partial charge is 0.308 e. The highest BCUT2D eigenvalue weighted by molar-refractivity contribution is 5.89. The number of hydrogen-bond acceptors (Lipinski definition) is 5. The number of ether oxygens (including phenoxy) is 1. The lowest BCUT2D eigenvalue weighted by Crippen LogP contribution is -3.00. The number of aromatic nitrogens is 1. The lowest BCUT2D eigenvalue weighted by Gasteiger charge is -2.03. The summed E-state index contributed by atoms with van der Waals surface area (Å²) in [4.78, 5) is 25.1. The molecule has 0 aliphatic heterocycles. The summed E-state index contributed by atoms with van der Waals surface area (Å²) >= 11 is 0. The van der Waals surface area contributed by atoms with Crippen LogP contribution < -0.4 is 17.1 Å². The molecule has 6 nitrogen and oxygen atoms in total. The van der Waals surface area contributed by atoms with E-state index in [1.54, 1.807) is 12.1 Å². The van der Waals surface area contributed by atoms with Gasteiger partial charge in [0.25, 0.3) is 5.69 Å². The maximum absolute atomic E-state index is 10.9. The molecule has 1 heterocycles. The summed E-state index contributed by atoms with van der Waals surface area (Å²) in [7, 11) is 0. The lowest BCUT2D eigenvalue weighted by molar-refractivity contribution is -0.383. The third-order valence-corrected chi connectivity index (χ3v) is 2.12. The molecule has 2 aromatic rings. The molecule has 0 bridgehead atoms. The quantitative estimate of drug-likeness (QED) is 0.304. The van der Waals surface area contributed by atoms with Crippen molar-refractivity contribution < 1.29 is 26.9 Å². The van der Waals surface area contributed by atoms with Crippen LogP contribution in [-0.4, -0.2) is 15.9 Å². The first-order valence-corrected chi connectivity index (χ1v) is 4.79. The Labute approximate surface area is 108 Å². The van der Waals surface area contributed by atoms with Crippen LogP contribution in [0.2, 0.25) is 0 Å². The van der Waals surface area contributed by atoms with E-state index in [1.807, 2.05) is 0 Å². The van der Waals surface area contributed by atoms with Crippen LogP contribution in [0.5, 0.6) is 5.75 Å². The summed E-state index contributed by atoms with van der Waals surface area (Å²) in [6.07, 6.45) is 1.47. The first-order chi connectivity index (χ1) is 8.08. The van der Waals surface area contributed by atoms with E-state index in [9.17, 15) is 14.9 Å². The first kappa shape index (κ1) is 13.9. The normalized spacial score (nSPS) is 9.61. The minimum absolute atomic E-state index is 0. The number of fused-ring (bicyclic) bond motifs is 1. The summed E-state index contributed by atoms with van der Waals surface area (Å²) in [5.41, 5.74) is 0.0905. The van der Waals surface area contributed by atoms with Crippen LogP contribution in [0.15, 0.2) is 30.5 Å². The van der Waals surface area contributed by atoms with E-state index in [0.29, 0.717) is 5.39 Å². The van der Waals surface area contributed by atoms with Gasteiger partial charge in [-0.25, -0.2) is 4.98 Å². The van der Waals surface area contributed by atoms with Crippen LogP contribution in [0.1, 0.15) is 6.92 Å². The van der Waals surface area contributed by atoms with Gasteiger partial charge in [-0.15, -0.1) is 0 Å². The minimum Gasteiger partial charge on any atom is -1.00 e. The number of pyridine rings is 1. The molecule has 0 fully saturated rings. The topological polar surface area (TPSA) is 82.3 Å². The fourth-order valence-corrected chi connectivity index (χ4v) is 1.51. The molecule has 0 amide bonds. The van der Waals surface area contributed by atoms with E-state index >= 15 is 0 Å². The van der Waals surface area contributed by atoms with Gasteiger partial charge in [-0.05, 0) is 12.1 Å². The second-order valence-corrected chi connectivity index (χ2v) is 3.37. The highest BCUT2D eigenvalue weighted by Gasteiger charge is 2.16. The third-order valence-electron chi connectivity index (χ3n) is 2.12. The fraction of sp³-hybridized carbons (Fsp3) is 0.0909. The number of rotatable bonds is 2. The van der Waals surface area contributed by atoms with Crippen LogP contribution in [0.25, 0.3) is 10.9 Å². The van der Waals surface area contributed by atoms with E-state index in [0.717, 1.165) is 0 Å². The molecule has 0 aliphatic carbocycles. The minimum atomic E-state index is -0.553. The van der Waals surface area contributed by atoms with Crippen molar-refractivity contribution in [2.75, 3.05) is 0 Å². The Morgan fingerprint density at radius 3 is 2.78 bits per heavy atom. The molecule has 0 saturated heterocycles. The average molecular weight is 268 g/mol. The molecule has 1 aromatic carbocycles. The number of carbonyl (C=O) groups is 1. The van der Waals surface area contributed by atoms with Crippen LogP contribution in [-0.2, 0) is 4.79 Å². The summed E-state index contributed by atoms with van der Waals surface area (Å²) in [5.74, 6) is -0.382. The molecule has 0 saturated carbocycles. The molecular weight excluding hydrogens is 260 g/mol. The molecule has 0 atom stereocenters. The zero-order valence-corrected chi connectivity index (χ0v) is 10.0. The zero-order valence-electron chi connectivity index (χ0n) is 9.29.